The first kappa shape index (κ1) is 15.3. The van der Waals surface area contributed by atoms with Crippen molar-refractivity contribution in [2.45, 2.75) is 12.7 Å². The Balaban J connectivity index is 1.94. The van der Waals surface area contributed by atoms with E-state index in [4.69, 9.17) is 9.84 Å². The predicted octanol–water partition coefficient (Wildman–Crippen LogP) is 0.903. The molecule has 2 aromatic rings. The van der Waals surface area contributed by atoms with Gasteiger partial charge < -0.3 is 20.3 Å². The molecule has 0 bridgehead atoms. The average molecular weight is 295 g/mol. The summed E-state index contributed by atoms with van der Waals surface area (Å²) >= 11 is 0. The van der Waals surface area contributed by atoms with Gasteiger partial charge in [0.1, 0.15) is 6.61 Å². The lowest BCUT2D eigenvalue weighted by Crippen LogP contribution is -2.22. The summed E-state index contributed by atoms with van der Waals surface area (Å²) in [6, 6.07) is 6.23. The number of aliphatic hydroxyl groups is 2. The Morgan fingerprint density at radius 3 is 2.86 bits per heavy atom. The number of rotatable bonds is 7. The molecule has 1 unspecified atom stereocenters. The van der Waals surface area contributed by atoms with E-state index in [0.717, 1.165) is 5.69 Å². The third-order valence-electron chi connectivity index (χ3n) is 2.98. The number of halogens is 1. The fraction of sp³-hybridized carbons (Fsp3) is 0.357. The second-order valence-electron chi connectivity index (χ2n) is 4.60. The number of hydrogen-bond acceptors (Lipinski definition) is 5. The standard InChI is InChI=1S/C14H18FN3O3/c1-18-11(4-5-17-18)9-21-14-3-2-10(6-13(14)15)16-7-12(20)8-19/h2-6,12,16,19-20H,7-9H2,1H3. The van der Waals surface area contributed by atoms with Crippen molar-refractivity contribution in [3.05, 3.63) is 42.0 Å². The summed E-state index contributed by atoms with van der Waals surface area (Å²) in [5, 5.41) is 24.7. The molecular weight excluding hydrogens is 277 g/mol. The molecule has 3 N–H and O–H groups in total. The molecule has 1 atom stereocenters. The van der Waals surface area contributed by atoms with E-state index in [1.807, 2.05) is 0 Å². The number of ether oxygens (including phenoxy) is 1. The third kappa shape index (κ3) is 4.17. The summed E-state index contributed by atoms with van der Waals surface area (Å²) < 4.78 is 21.0. The topological polar surface area (TPSA) is 79.5 Å². The molecule has 0 aliphatic carbocycles. The summed E-state index contributed by atoms with van der Waals surface area (Å²) in [5.74, 6) is -0.356. The molecule has 0 aliphatic heterocycles. The molecule has 1 heterocycles. The van der Waals surface area contributed by atoms with Crippen LogP contribution in [0.15, 0.2) is 30.5 Å². The van der Waals surface area contributed by atoms with Crippen molar-refractivity contribution in [3.8, 4) is 5.75 Å². The van der Waals surface area contributed by atoms with Gasteiger partial charge >= 0.3 is 0 Å². The van der Waals surface area contributed by atoms with Crippen molar-refractivity contribution in [3.63, 3.8) is 0 Å². The van der Waals surface area contributed by atoms with Crippen LogP contribution in [-0.2, 0) is 13.7 Å². The quantitative estimate of drug-likeness (QED) is 0.707. The van der Waals surface area contributed by atoms with E-state index < -0.39 is 11.9 Å². The Morgan fingerprint density at radius 2 is 2.24 bits per heavy atom. The summed E-state index contributed by atoms with van der Waals surface area (Å²) in [7, 11) is 1.79. The number of benzene rings is 1. The fourth-order valence-corrected chi connectivity index (χ4v) is 1.72. The first-order valence-electron chi connectivity index (χ1n) is 6.52. The Bertz CT molecular complexity index is 589. The van der Waals surface area contributed by atoms with E-state index in [9.17, 15) is 9.50 Å². The van der Waals surface area contributed by atoms with Gasteiger partial charge in [0.25, 0.3) is 0 Å². The van der Waals surface area contributed by atoms with Crippen LogP contribution in [0.4, 0.5) is 10.1 Å². The molecule has 0 amide bonds. The maximum atomic E-state index is 13.9. The Hall–Kier alpha value is -2.12. The van der Waals surface area contributed by atoms with Crippen LogP contribution in [0.25, 0.3) is 0 Å². The van der Waals surface area contributed by atoms with Crippen molar-refractivity contribution in [2.24, 2.45) is 7.05 Å². The van der Waals surface area contributed by atoms with E-state index in [2.05, 4.69) is 10.4 Å². The van der Waals surface area contributed by atoms with Crippen molar-refractivity contribution in [1.29, 1.82) is 0 Å². The van der Waals surface area contributed by atoms with Crippen molar-refractivity contribution in [2.75, 3.05) is 18.5 Å². The van der Waals surface area contributed by atoms with Crippen LogP contribution in [0.1, 0.15) is 5.69 Å². The van der Waals surface area contributed by atoms with Crippen molar-refractivity contribution < 1.29 is 19.3 Å². The minimum Gasteiger partial charge on any atom is -0.484 e. The van der Waals surface area contributed by atoms with Gasteiger partial charge in [0.2, 0.25) is 0 Å². The highest BCUT2D eigenvalue weighted by Gasteiger charge is 2.08. The van der Waals surface area contributed by atoms with E-state index in [0.29, 0.717) is 5.69 Å². The maximum absolute atomic E-state index is 13.9. The second kappa shape index (κ2) is 7.05. The molecule has 0 saturated carbocycles. The zero-order valence-electron chi connectivity index (χ0n) is 11.7. The summed E-state index contributed by atoms with van der Waals surface area (Å²) in [4.78, 5) is 0. The van der Waals surface area contributed by atoms with Gasteiger partial charge in [-0.15, -0.1) is 0 Å². The summed E-state index contributed by atoms with van der Waals surface area (Å²) in [6.45, 7) is 0.0238. The minimum absolute atomic E-state index is 0.143. The van der Waals surface area contributed by atoms with E-state index in [-0.39, 0.29) is 25.5 Å². The molecule has 0 aliphatic rings. The molecule has 1 aromatic carbocycles. The van der Waals surface area contributed by atoms with Gasteiger partial charge in [-0.05, 0) is 18.2 Å². The number of anilines is 1. The first-order chi connectivity index (χ1) is 10.1. The number of aryl methyl sites for hydroxylation is 1. The molecule has 114 valence electrons. The van der Waals surface area contributed by atoms with Gasteiger partial charge in [-0.1, -0.05) is 0 Å². The molecule has 0 fully saturated rings. The zero-order valence-corrected chi connectivity index (χ0v) is 11.7. The van der Waals surface area contributed by atoms with Gasteiger partial charge in [0, 0.05) is 31.5 Å². The van der Waals surface area contributed by atoms with Gasteiger partial charge in [0.15, 0.2) is 11.6 Å². The van der Waals surface area contributed by atoms with Gasteiger partial charge in [-0.25, -0.2) is 4.39 Å². The SMILES string of the molecule is Cn1nccc1COc1ccc(NCC(O)CO)cc1F. The number of aliphatic hydroxyl groups excluding tert-OH is 2. The van der Waals surface area contributed by atoms with E-state index in [1.54, 1.807) is 30.1 Å². The average Bonchev–Trinajstić information content (AvgIpc) is 2.89. The van der Waals surface area contributed by atoms with Crippen molar-refractivity contribution in [1.82, 2.24) is 9.78 Å². The molecule has 7 heteroatoms. The highest BCUT2D eigenvalue weighted by atomic mass is 19.1. The largest absolute Gasteiger partial charge is 0.484 e. The van der Waals surface area contributed by atoms with Crippen molar-refractivity contribution >= 4 is 5.69 Å². The van der Waals surface area contributed by atoms with E-state index >= 15 is 0 Å². The van der Waals surface area contributed by atoms with Crippen LogP contribution in [0.5, 0.6) is 5.75 Å². The van der Waals surface area contributed by atoms with Crippen LogP contribution >= 0.6 is 0 Å². The fourth-order valence-electron chi connectivity index (χ4n) is 1.72. The first-order valence-corrected chi connectivity index (χ1v) is 6.52. The summed E-state index contributed by atoms with van der Waals surface area (Å²) in [6.07, 6.45) is 0.767. The normalized spacial score (nSPS) is 12.2. The molecule has 6 nitrogen and oxygen atoms in total. The zero-order chi connectivity index (χ0) is 15.2. The van der Waals surface area contributed by atoms with Crippen LogP contribution in [-0.4, -0.2) is 39.2 Å². The van der Waals surface area contributed by atoms with Crippen LogP contribution in [0, 0.1) is 5.82 Å². The minimum atomic E-state index is -0.881. The molecule has 1 aromatic heterocycles. The number of hydrogen-bond donors (Lipinski definition) is 3. The van der Waals surface area contributed by atoms with Crippen LogP contribution in [0.3, 0.4) is 0 Å². The second-order valence-corrected chi connectivity index (χ2v) is 4.60. The molecule has 0 spiro atoms. The van der Waals surface area contributed by atoms with E-state index in [1.165, 1.54) is 12.1 Å². The highest BCUT2D eigenvalue weighted by molar-refractivity contribution is 5.47. The number of aromatic nitrogens is 2. The lowest BCUT2D eigenvalue weighted by Gasteiger charge is -2.12. The lowest BCUT2D eigenvalue weighted by molar-refractivity contribution is 0.105. The van der Waals surface area contributed by atoms with Gasteiger partial charge in [-0.3, -0.25) is 4.68 Å². The monoisotopic (exact) mass is 295 g/mol. The third-order valence-corrected chi connectivity index (χ3v) is 2.98. The van der Waals surface area contributed by atoms with Gasteiger partial charge in [0.05, 0.1) is 18.4 Å². The molecule has 0 saturated heterocycles. The predicted molar refractivity (Wildman–Crippen MR) is 75.5 cm³/mol. The van der Waals surface area contributed by atoms with Gasteiger partial charge in [-0.2, -0.15) is 5.10 Å². The number of nitrogens with zero attached hydrogens (tertiary/aromatic N) is 2. The Morgan fingerprint density at radius 1 is 1.43 bits per heavy atom. The van der Waals surface area contributed by atoms with Crippen LogP contribution in [0.2, 0.25) is 0 Å². The molecule has 0 radical (unpaired) electrons. The smallest absolute Gasteiger partial charge is 0.167 e. The highest BCUT2D eigenvalue weighted by Crippen LogP contribution is 2.22. The molecule has 2 rings (SSSR count). The number of nitrogens with one attached hydrogen (secondary N) is 1. The molecular formula is C14H18FN3O3. The molecule has 21 heavy (non-hydrogen) atoms. The Labute approximate surface area is 121 Å². The maximum Gasteiger partial charge on any atom is 0.167 e. The lowest BCUT2D eigenvalue weighted by atomic mass is 10.2. The Kier molecular flexibility index (Phi) is 5.13. The van der Waals surface area contributed by atoms with Crippen LogP contribution < -0.4 is 10.1 Å². The summed E-state index contributed by atoms with van der Waals surface area (Å²) in [5.41, 5.74) is 1.34.